The number of amides is 1. The molecule has 0 aromatic heterocycles. The zero-order valence-electron chi connectivity index (χ0n) is 12.6. The molecule has 1 unspecified atom stereocenters. The molecular weight excluding hydrogens is 248 g/mol. The van der Waals surface area contributed by atoms with Gasteiger partial charge in [-0.3, -0.25) is 4.79 Å². The zero-order valence-corrected chi connectivity index (χ0v) is 12.6. The second-order valence-corrected chi connectivity index (χ2v) is 5.98. The number of nitrogen functional groups attached to an aromatic ring is 1. The molecule has 2 rings (SSSR count). The molecule has 1 aromatic rings. The lowest BCUT2D eigenvalue weighted by molar-refractivity contribution is 0.0912. The van der Waals surface area contributed by atoms with Crippen molar-refractivity contribution in [2.75, 3.05) is 5.73 Å². The van der Waals surface area contributed by atoms with Crippen LogP contribution in [0.4, 0.5) is 5.69 Å². The molecule has 1 aliphatic rings. The van der Waals surface area contributed by atoms with Crippen LogP contribution in [0, 0.1) is 12.8 Å². The Morgan fingerprint density at radius 1 is 1.35 bits per heavy atom. The highest BCUT2D eigenvalue weighted by Crippen LogP contribution is 2.28. The molecule has 0 aliphatic heterocycles. The Hall–Kier alpha value is -1.51. The van der Waals surface area contributed by atoms with Crippen LogP contribution in [0.2, 0.25) is 0 Å². The standard InChI is InChI=1S/C17H26N2O/c1-3-16(13-7-5-4-6-8-13)19-17(20)14-11-12(2)9-10-15(14)18/h9-11,13,16H,3-8,18H2,1-2H3,(H,19,20). The molecule has 0 heterocycles. The summed E-state index contributed by atoms with van der Waals surface area (Å²) in [5.74, 6) is 0.604. The average Bonchev–Trinajstić information content (AvgIpc) is 2.48. The van der Waals surface area contributed by atoms with E-state index in [2.05, 4.69) is 12.2 Å². The maximum absolute atomic E-state index is 12.4. The maximum Gasteiger partial charge on any atom is 0.253 e. The Balaban J connectivity index is 2.06. The van der Waals surface area contributed by atoms with E-state index in [0.29, 0.717) is 17.2 Å². The minimum Gasteiger partial charge on any atom is -0.398 e. The normalized spacial score (nSPS) is 17.7. The molecule has 3 nitrogen and oxygen atoms in total. The van der Waals surface area contributed by atoms with Crippen molar-refractivity contribution >= 4 is 11.6 Å². The number of anilines is 1. The van der Waals surface area contributed by atoms with Gasteiger partial charge in [0.25, 0.3) is 5.91 Å². The zero-order chi connectivity index (χ0) is 14.5. The third-order valence-electron chi connectivity index (χ3n) is 4.43. The highest BCUT2D eigenvalue weighted by molar-refractivity contribution is 5.99. The van der Waals surface area contributed by atoms with Crippen LogP contribution in [0.3, 0.4) is 0 Å². The van der Waals surface area contributed by atoms with Crippen LogP contribution in [-0.2, 0) is 0 Å². The minimum atomic E-state index is -0.0244. The minimum absolute atomic E-state index is 0.0244. The Bertz CT molecular complexity index is 464. The second kappa shape index (κ2) is 6.78. The average molecular weight is 274 g/mol. The molecular formula is C17H26N2O. The molecule has 0 radical (unpaired) electrons. The van der Waals surface area contributed by atoms with Crippen LogP contribution in [0.25, 0.3) is 0 Å². The van der Waals surface area contributed by atoms with Gasteiger partial charge in [-0.1, -0.05) is 37.8 Å². The molecule has 0 bridgehead atoms. The first-order valence-electron chi connectivity index (χ1n) is 7.78. The van der Waals surface area contributed by atoms with Crippen molar-refractivity contribution in [3.63, 3.8) is 0 Å². The number of carbonyl (C=O) groups excluding carboxylic acids is 1. The fourth-order valence-corrected chi connectivity index (χ4v) is 3.20. The largest absolute Gasteiger partial charge is 0.398 e. The molecule has 1 atom stereocenters. The van der Waals surface area contributed by atoms with Crippen molar-refractivity contribution in [2.24, 2.45) is 5.92 Å². The predicted octanol–water partition coefficient (Wildman–Crippen LogP) is 3.67. The Kier molecular flexibility index (Phi) is 5.05. The van der Waals surface area contributed by atoms with Gasteiger partial charge in [0, 0.05) is 11.7 Å². The first kappa shape index (κ1) is 14.9. The highest BCUT2D eigenvalue weighted by Gasteiger charge is 2.24. The van der Waals surface area contributed by atoms with Crippen LogP contribution >= 0.6 is 0 Å². The summed E-state index contributed by atoms with van der Waals surface area (Å²) in [4.78, 5) is 12.4. The summed E-state index contributed by atoms with van der Waals surface area (Å²) in [7, 11) is 0. The Labute approximate surface area is 121 Å². The Morgan fingerprint density at radius 2 is 2.05 bits per heavy atom. The molecule has 1 amide bonds. The van der Waals surface area contributed by atoms with Crippen molar-refractivity contribution < 1.29 is 4.79 Å². The van der Waals surface area contributed by atoms with Crippen molar-refractivity contribution in [1.82, 2.24) is 5.32 Å². The SMILES string of the molecule is CCC(NC(=O)c1cc(C)ccc1N)C1CCCCC1. The molecule has 110 valence electrons. The number of nitrogens with one attached hydrogen (secondary N) is 1. The molecule has 1 saturated carbocycles. The first-order chi connectivity index (χ1) is 9.61. The highest BCUT2D eigenvalue weighted by atomic mass is 16.1. The van der Waals surface area contributed by atoms with Gasteiger partial charge in [0.2, 0.25) is 0 Å². The number of benzene rings is 1. The van der Waals surface area contributed by atoms with E-state index in [-0.39, 0.29) is 11.9 Å². The van der Waals surface area contributed by atoms with E-state index in [1.807, 2.05) is 25.1 Å². The number of hydrogen-bond donors (Lipinski definition) is 2. The molecule has 20 heavy (non-hydrogen) atoms. The van der Waals surface area contributed by atoms with E-state index in [9.17, 15) is 4.79 Å². The molecule has 0 saturated heterocycles. The summed E-state index contributed by atoms with van der Waals surface area (Å²) in [6.07, 6.45) is 7.39. The van der Waals surface area contributed by atoms with E-state index in [0.717, 1.165) is 12.0 Å². The lowest BCUT2D eigenvalue weighted by Gasteiger charge is -2.30. The van der Waals surface area contributed by atoms with E-state index < -0.39 is 0 Å². The van der Waals surface area contributed by atoms with Gasteiger partial charge in [-0.05, 0) is 44.2 Å². The van der Waals surface area contributed by atoms with Gasteiger partial charge in [0.05, 0.1) is 5.56 Å². The van der Waals surface area contributed by atoms with E-state index >= 15 is 0 Å². The summed E-state index contributed by atoms with van der Waals surface area (Å²) in [6, 6.07) is 5.90. The summed E-state index contributed by atoms with van der Waals surface area (Å²) in [6.45, 7) is 4.13. The lowest BCUT2D eigenvalue weighted by Crippen LogP contribution is -2.40. The molecule has 1 aromatic carbocycles. The van der Waals surface area contributed by atoms with Gasteiger partial charge >= 0.3 is 0 Å². The van der Waals surface area contributed by atoms with Crippen molar-refractivity contribution in [1.29, 1.82) is 0 Å². The maximum atomic E-state index is 12.4. The van der Waals surface area contributed by atoms with Crippen LogP contribution < -0.4 is 11.1 Å². The molecule has 3 N–H and O–H groups in total. The van der Waals surface area contributed by atoms with E-state index in [4.69, 9.17) is 5.73 Å². The lowest BCUT2D eigenvalue weighted by atomic mass is 9.83. The predicted molar refractivity (Wildman–Crippen MR) is 83.7 cm³/mol. The third-order valence-corrected chi connectivity index (χ3v) is 4.43. The number of hydrogen-bond acceptors (Lipinski definition) is 2. The number of rotatable bonds is 4. The monoisotopic (exact) mass is 274 g/mol. The van der Waals surface area contributed by atoms with Gasteiger partial charge in [-0.2, -0.15) is 0 Å². The molecule has 0 spiro atoms. The summed E-state index contributed by atoms with van der Waals surface area (Å²) < 4.78 is 0. The molecule has 3 heteroatoms. The van der Waals surface area contributed by atoms with Gasteiger partial charge < -0.3 is 11.1 Å². The molecule has 1 fully saturated rings. The van der Waals surface area contributed by atoms with Gasteiger partial charge in [-0.15, -0.1) is 0 Å². The van der Waals surface area contributed by atoms with Crippen LogP contribution in [-0.4, -0.2) is 11.9 Å². The second-order valence-electron chi connectivity index (χ2n) is 5.98. The number of aryl methyl sites for hydroxylation is 1. The smallest absolute Gasteiger partial charge is 0.253 e. The van der Waals surface area contributed by atoms with Gasteiger partial charge in [0.1, 0.15) is 0 Å². The van der Waals surface area contributed by atoms with Gasteiger partial charge in [0.15, 0.2) is 0 Å². The van der Waals surface area contributed by atoms with E-state index in [1.54, 1.807) is 0 Å². The topological polar surface area (TPSA) is 55.1 Å². The summed E-state index contributed by atoms with van der Waals surface area (Å²) >= 11 is 0. The van der Waals surface area contributed by atoms with Crippen molar-refractivity contribution in [3.05, 3.63) is 29.3 Å². The number of carbonyl (C=O) groups is 1. The quantitative estimate of drug-likeness (QED) is 0.823. The van der Waals surface area contributed by atoms with Gasteiger partial charge in [-0.25, -0.2) is 0 Å². The number of nitrogens with two attached hydrogens (primary N) is 1. The fraction of sp³-hybridized carbons (Fsp3) is 0.588. The van der Waals surface area contributed by atoms with Crippen molar-refractivity contribution in [3.8, 4) is 0 Å². The summed E-state index contributed by atoms with van der Waals surface area (Å²) in [5.41, 5.74) is 8.16. The van der Waals surface area contributed by atoms with Crippen LogP contribution in [0.5, 0.6) is 0 Å². The third kappa shape index (κ3) is 3.53. The first-order valence-corrected chi connectivity index (χ1v) is 7.78. The summed E-state index contributed by atoms with van der Waals surface area (Å²) in [5, 5.41) is 3.20. The van der Waals surface area contributed by atoms with Crippen LogP contribution in [0.1, 0.15) is 61.4 Å². The fourth-order valence-electron chi connectivity index (χ4n) is 3.20. The Morgan fingerprint density at radius 3 is 2.70 bits per heavy atom. The van der Waals surface area contributed by atoms with E-state index in [1.165, 1.54) is 32.1 Å². The molecule has 1 aliphatic carbocycles. The van der Waals surface area contributed by atoms with Crippen LogP contribution in [0.15, 0.2) is 18.2 Å². The van der Waals surface area contributed by atoms with Crippen molar-refractivity contribution in [2.45, 2.75) is 58.4 Å².